The number of rotatable bonds is 7. The van der Waals surface area contributed by atoms with Crippen molar-refractivity contribution in [2.24, 2.45) is 5.14 Å². The third-order valence-electron chi connectivity index (χ3n) is 5.90. The summed E-state index contributed by atoms with van der Waals surface area (Å²) in [6, 6.07) is 9.72. The number of aromatic nitrogens is 2. The van der Waals surface area contributed by atoms with Crippen molar-refractivity contribution < 1.29 is 9.90 Å². The van der Waals surface area contributed by atoms with E-state index >= 15 is 0 Å². The molecule has 3 heterocycles. The summed E-state index contributed by atoms with van der Waals surface area (Å²) in [6.07, 6.45) is 3.82. The number of ketones is 1. The van der Waals surface area contributed by atoms with Crippen molar-refractivity contribution in [2.75, 3.05) is 25.4 Å². The maximum Gasteiger partial charge on any atom is 0.180 e. The molecule has 8 heteroatoms. The Kier molecular flexibility index (Phi) is 6.99. The van der Waals surface area contributed by atoms with Gasteiger partial charge < -0.3 is 9.67 Å². The smallest absolute Gasteiger partial charge is 0.180 e. The molecule has 0 bridgehead atoms. The molecule has 0 amide bonds. The first-order valence-electron chi connectivity index (χ1n) is 10.5. The van der Waals surface area contributed by atoms with Gasteiger partial charge in [0.15, 0.2) is 5.78 Å². The third-order valence-corrected chi connectivity index (χ3v) is 6.59. The Morgan fingerprint density at radius 2 is 2.00 bits per heavy atom. The minimum absolute atomic E-state index is 0.0596. The molecule has 0 aliphatic carbocycles. The predicted molar refractivity (Wildman–Crippen MR) is 127 cm³/mol. The average Bonchev–Trinajstić information content (AvgIpc) is 3.05. The van der Waals surface area contributed by atoms with Gasteiger partial charge in [0, 0.05) is 41.4 Å². The molecule has 6 nitrogen and oxygen atoms in total. The van der Waals surface area contributed by atoms with Crippen molar-refractivity contribution in [3.8, 4) is 5.69 Å². The largest absolute Gasteiger partial charge is 0.393 e. The summed E-state index contributed by atoms with van der Waals surface area (Å²) in [7, 11) is 0. The number of benzene rings is 1. The van der Waals surface area contributed by atoms with Crippen LogP contribution in [0, 0.1) is 6.92 Å². The summed E-state index contributed by atoms with van der Waals surface area (Å²) >= 11 is 7.41. The molecule has 1 aliphatic rings. The zero-order valence-corrected chi connectivity index (χ0v) is 19.1. The summed E-state index contributed by atoms with van der Waals surface area (Å²) in [4.78, 5) is 20.2. The van der Waals surface area contributed by atoms with Gasteiger partial charge in [-0.15, -0.1) is 0 Å². The molecular formula is C23H27ClN4O2S. The van der Waals surface area contributed by atoms with Crippen LogP contribution in [-0.2, 0) is 6.42 Å². The maximum atomic E-state index is 13.4. The molecule has 31 heavy (non-hydrogen) atoms. The molecule has 3 N–H and O–H groups in total. The molecular weight excluding hydrogens is 432 g/mol. The minimum atomic E-state index is -0.258. The van der Waals surface area contributed by atoms with Crippen LogP contribution in [0.25, 0.3) is 16.7 Å². The lowest BCUT2D eigenvalue weighted by Gasteiger charge is -2.28. The highest BCUT2D eigenvalue weighted by molar-refractivity contribution is 7.97. The summed E-state index contributed by atoms with van der Waals surface area (Å²) in [6.45, 7) is 3.77. The fraction of sp³-hybridized carbons (Fsp3) is 0.391. The molecule has 164 valence electrons. The standard InChI is InChI=1S/C23H27ClN4O2S/c1-15-22(21(30)14-27-9-6-19(29)7-10-27)23-20(12-16(13-26-23)8-11-31-25)28(15)18-4-2-17(24)3-5-18/h2-5,12-13,19,29H,6-11,14,25H2,1H3. The highest BCUT2D eigenvalue weighted by atomic mass is 35.5. The van der Waals surface area contributed by atoms with Crippen LogP contribution < -0.4 is 5.14 Å². The number of hydrogen-bond donors (Lipinski definition) is 2. The van der Waals surface area contributed by atoms with Gasteiger partial charge in [-0.25, -0.2) is 0 Å². The van der Waals surface area contributed by atoms with Crippen molar-refractivity contribution in [3.63, 3.8) is 0 Å². The van der Waals surface area contributed by atoms with Crippen LogP contribution in [0.15, 0.2) is 36.5 Å². The molecule has 1 aliphatic heterocycles. The van der Waals surface area contributed by atoms with Crippen molar-refractivity contribution in [3.05, 3.63) is 58.4 Å². The SMILES string of the molecule is Cc1c(C(=O)CN2CCC(O)CC2)c2ncc(CCSN)cc2n1-c1ccc(Cl)cc1. The molecule has 1 aromatic carbocycles. The molecule has 0 radical (unpaired) electrons. The predicted octanol–water partition coefficient (Wildman–Crippen LogP) is 3.78. The highest BCUT2D eigenvalue weighted by Gasteiger charge is 2.25. The van der Waals surface area contributed by atoms with E-state index in [0.717, 1.165) is 53.2 Å². The van der Waals surface area contributed by atoms with E-state index in [9.17, 15) is 9.90 Å². The van der Waals surface area contributed by atoms with Gasteiger partial charge >= 0.3 is 0 Å². The van der Waals surface area contributed by atoms with Gasteiger partial charge in [0.2, 0.25) is 0 Å². The number of Topliss-reactive ketones (excluding diaryl/α,β-unsaturated/α-hetero) is 1. The fourth-order valence-corrected chi connectivity index (χ4v) is 4.73. The molecule has 3 aromatic rings. The minimum Gasteiger partial charge on any atom is -0.393 e. The number of nitrogens with two attached hydrogens (primary N) is 1. The summed E-state index contributed by atoms with van der Waals surface area (Å²) in [5.41, 5.74) is 5.20. The number of hydrogen-bond acceptors (Lipinski definition) is 6. The third kappa shape index (κ3) is 4.81. The lowest BCUT2D eigenvalue weighted by atomic mass is 10.1. The van der Waals surface area contributed by atoms with Crippen LogP contribution in [-0.4, -0.2) is 56.8 Å². The Bertz CT molecular complexity index is 1080. The number of carbonyl (C=O) groups excluding carboxylic acids is 1. The first kappa shape index (κ1) is 22.3. The number of aryl methyl sites for hydroxylation is 1. The number of aliphatic hydroxyl groups excluding tert-OH is 1. The van der Waals surface area contributed by atoms with Crippen LogP contribution >= 0.6 is 23.5 Å². The molecule has 0 saturated carbocycles. The molecule has 0 atom stereocenters. The number of nitrogens with zero attached hydrogens (tertiary/aromatic N) is 3. The molecule has 1 saturated heterocycles. The first-order chi connectivity index (χ1) is 15.0. The van der Waals surface area contributed by atoms with Crippen molar-refractivity contribution in [1.82, 2.24) is 14.5 Å². The van der Waals surface area contributed by atoms with Gasteiger partial charge in [-0.05, 0) is 62.1 Å². The maximum absolute atomic E-state index is 13.4. The van der Waals surface area contributed by atoms with Crippen molar-refractivity contribution in [2.45, 2.75) is 32.3 Å². The van der Waals surface area contributed by atoms with Crippen LogP contribution in [0.2, 0.25) is 5.02 Å². The van der Waals surface area contributed by atoms with Crippen molar-refractivity contribution >= 4 is 40.4 Å². The van der Waals surface area contributed by atoms with E-state index in [1.54, 1.807) is 0 Å². The van der Waals surface area contributed by atoms with E-state index in [0.29, 0.717) is 30.0 Å². The van der Waals surface area contributed by atoms with E-state index in [4.69, 9.17) is 21.7 Å². The average molecular weight is 459 g/mol. The van der Waals surface area contributed by atoms with Crippen LogP contribution in [0.4, 0.5) is 0 Å². The molecule has 4 rings (SSSR count). The van der Waals surface area contributed by atoms with Gasteiger partial charge in [0.25, 0.3) is 0 Å². The van der Waals surface area contributed by atoms with Gasteiger partial charge in [-0.3, -0.25) is 19.8 Å². The van der Waals surface area contributed by atoms with Gasteiger partial charge in [0.05, 0.1) is 29.2 Å². The monoisotopic (exact) mass is 458 g/mol. The lowest BCUT2D eigenvalue weighted by molar-refractivity contribution is 0.0711. The van der Waals surface area contributed by atoms with Crippen LogP contribution in [0.5, 0.6) is 0 Å². The number of likely N-dealkylation sites (tertiary alicyclic amines) is 1. The Morgan fingerprint density at radius 3 is 2.68 bits per heavy atom. The van der Waals surface area contributed by atoms with E-state index in [1.807, 2.05) is 37.4 Å². The zero-order valence-electron chi connectivity index (χ0n) is 17.6. The van der Waals surface area contributed by atoms with Gasteiger partial charge in [0.1, 0.15) is 0 Å². The van der Waals surface area contributed by atoms with Crippen molar-refractivity contribution in [1.29, 1.82) is 0 Å². The number of pyridine rings is 1. The van der Waals surface area contributed by atoms with E-state index in [2.05, 4.69) is 15.5 Å². The second-order valence-corrected chi connectivity index (χ2v) is 9.21. The highest BCUT2D eigenvalue weighted by Crippen LogP contribution is 2.30. The van der Waals surface area contributed by atoms with Crippen LogP contribution in [0.1, 0.15) is 34.5 Å². The Labute approximate surface area is 191 Å². The first-order valence-corrected chi connectivity index (χ1v) is 11.9. The summed E-state index contributed by atoms with van der Waals surface area (Å²) < 4.78 is 2.09. The molecule has 0 unspecified atom stereocenters. The molecule has 2 aromatic heterocycles. The number of aliphatic hydroxyl groups is 1. The number of carbonyl (C=O) groups is 1. The number of piperidine rings is 1. The van der Waals surface area contributed by atoms with Gasteiger partial charge in [-0.1, -0.05) is 23.5 Å². The fourth-order valence-electron chi connectivity index (χ4n) is 4.25. The van der Waals surface area contributed by atoms with Crippen LogP contribution in [0.3, 0.4) is 0 Å². The summed E-state index contributed by atoms with van der Waals surface area (Å²) in [5, 5.41) is 16.0. The Morgan fingerprint density at radius 1 is 1.29 bits per heavy atom. The van der Waals surface area contributed by atoms with E-state index in [1.165, 1.54) is 11.9 Å². The zero-order chi connectivity index (χ0) is 22.0. The Balaban J connectivity index is 1.76. The molecule has 0 spiro atoms. The number of fused-ring (bicyclic) bond motifs is 1. The number of halogens is 1. The quantitative estimate of drug-likeness (QED) is 0.414. The Hall–Kier alpha value is -1.90. The summed E-state index contributed by atoms with van der Waals surface area (Å²) in [5.74, 6) is 0.866. The lowest BCUT2D eigenvalue weighted by Crippen LogP contribution is -2.39. The normalized spacial score (nSPS) is 15.6. The van der Waals surface area contributed by atoms with Gasteiger partial charge in [-0.2, -0.15) is 0 Å². The molecule has 1 fully saturated rings. The topological polar surface area (TPSA) is 84.4 Å². The second-order valence-electron chi connectivity index (χ2n) is 8.03. The second kappa shape index (κ2) is 9.71. The van der Waals surface area contributed by atoms with E-state index < -0.39 is 0 Å². The van der Waals surface area contributed by atoms with E-state index in [-0.39, 0.29) is 11.9 Å².